The van der Waals surface area contributed by atoms with Crippen LogP contribution >= 0.6 is 11.8 Å². The SMILES string of the molecule is C[C@@H](Oc1ccc(/C=N\NC(=O)CSc2ccc([N+](=O)[O-])cc2)cc1)C(=O)O. The highest BCUT2D eigenvalue weighted by atomic mass is 32.2. The molecule has 2 aromatic carbocycles. The van der Waals surface area contributed by atoms with Crippen molar-refractivity contribution in [2.45, 2.75) is 17.9 Å². The first-order valence-corrected chi connectivity index (χ1v) is 9.02. The third-order valence-electron chi connectivity index (χ3n) is 3.36. The lowest BCUT2D eigenvalue weighted by Gasteiger charge is -2.09. The summed E-state index contributed by atoms with van der Waals surface area (Å²) in [6, 6.07) is 12.5. The van der Waals surface area contributed by atoms with Crippen LogP contribution in [0.3, 0.4) is 0 Å². The van der Waals surface area contributed by atoms with E-state index < -0.39 is 17.0 Å². The summed E-state index contributed by atoms with van der Waals surface area (Å²) in [6.45, 7) is 1.43. The maximum absolute atomic E-state index is 11.8. The molecule has 0 fully saturated rings. The first kappa shape index (κ1) is 20.9. The molecule has 1 atom stereocenters. The number of amides is 1. The minimum absolute atomic E-state index is 0.00719. The Kier molecular flexibility index (Phi) is 7.52. The van der Waals surface area contributed by atoms with Crippen molar-refractivity contribution in [2.75, 3.05) is 5.75 Å². The number of hydrogen-bond acceptors (Lipinski definition) is 7. The summed E-state index contributed by atoms with van der Waals surface area (Å²) in [7, 11) is 0. The minimum atomic E-state index is -1.06. The van der Waals surface area contributed by atoms with Crippen molar-refractivity contribution >= 4 is 35.5 Å². The zero-order chi connectivity index (χ0) is 20.5. The lowest BCUT2D eigenvalue weighted by atomic mass is 10.2. The molecule has 146 valence electrons. The Morgan fingerprint density at radius 1 is 1.25 bits per heavy atom. The normalized spacial score (nSPS) is 11.8. The molecule has 0 radical (unpaired) electrons. The van der Waals surface area contributed by atoms with E-state index in [9.17, 15) is 19.7 Å². The van der Waals surface area contributed by atoms with Gasteiger partial charge in [-0.05, 0) is 48.9 Å². The third-order valence-corrected chi connectivity index (χ3v) is 4.37. The van der Waals surface area contributed by atoms with E-state index in [1.807, 2.05) is 0 Å². The summed E-state index contributed by atoms with van der Waals surface area (Å²) in [6.07, 6.45) is 0.492. The number of nitro benzene ring substituents is 1. The zero-order valence-corrected chi connectivity index (χ0v) is 15.6. The van der Waals surface area contributed by atoms with E-state index >= 15 is 0 Å². The summed E-state index contributed by atoms with van der Waals surface area (Å²) in [5.41, 5.74) is 3.07. The summed E-state index contributed by atoms with van der Waals surface area (Å²) in [5, 5.41) is 23.2. The van der Waals surface area contributed by atoms with E-state index in [0.717, 1.165) is 4.90 Å². The quantitative estimate of drug-likeness (QED) is 0.285. The number of carboxylic acids is 1. The van der Waals surface area contributed by atoms with Gasteiger partial charge in [0.15, 0.2) is 6.10 Å². The number of ether oxygens (including phenoxy) is 1. The van der Waals surface area contributed by atoms with E-state index in [4.69, 9.17) is 9.84 Å². The Morgan fingerprint density at radius 2 is 1.89 bits per heavy atom. The van der Waals surface area contributed by atoms with Gasteiger partial charge in [-0.3, -0.25) is 14.9 Å². The zero-order valence-electron chi connectivity index (χ0n) is 14.8. The number of thioether (sulfide) groups is 1. The van der Waals surface area contributed by atoms with Crippen LogP contribution in [0.25, 0.3) is 0 Å². The molecular formula is C18H17N3O6S. The Labute approximate surface area is 164 Å². The molecule has 10 heteroatoms. The van der Waals surface area contributed by atoms with Gasteiger partial charge >= 0.3 is 5.97 Å². The molecule has 0 aliphatic carbocycles. The van der Waals surface area contributed by atoms with Crippen molar-refractivity contribution in [1.82, 2.24) is 5.43 Å². The maximum atomic E-state index is 11.8. The smallest absolute Gasteiger partial charge is 0.344 e. The Hall–Kier alpha value is -3.40. The van der Waals surface area contributed by atoms with Crippen LogP contribution < -0.4 is 10.2 Å². The number of aliphatic carboxylic acids is 1. The van der Waals surface area contributed by atoms with Crippen LogP contribution in [0.15, 0.2) is 58.5 Å². The van der Waals surface area contributed by atoms with Crippen LogP contribution in [-0.4, -0.2) is 40.0 Å². The summed E-state index contributed by atoms with van der Waals surface area (Å²) < 4.78 is 5.21. The number of non-ortho nitro benzene ring substituents is 1. The van der Waals surface area contributed by atoms with Gasteiger partial charge in [0, 0.05) is 17.0 Å². The molecule has 0 aliphatic rings. The third kappa shape index (κ3) is 6.72. The van der Waals surface area contributed by atoms with E-state index in [0.29, 0.717) is 11.3 Å². The molecule has 0 spiro atoms. The van der Waals surface area contributed by atoms with E-state index in [1.165, 1.54) is 37.0 Å². The summed E-state index contributed by atoms with van der Waals surface area (Å²) in [5.74, 6) is -0.861. The van der Waals surface area contributed by atoms with Crippen LogP contribution in [0, 0.1) is 10.1 Å². The number of carboxylic acid groups (broad SMARTS) is 1. The lowest BCUT2D eigenvalue weighted by molar-refractivity contribution is -0.384. The van der Waals surface area contributed by atoms with Crippen molar-refractivity contribution in [2.24, 2.45) is 5.10 Å². The van der Waals surface area contributed by atoms with E-state index in [2.05, 4.69) is 10.5 Å². The standard InChI is InChI=1S/C18H17N3O6S/c1-12(18(23)24)27-15-6-2-13(3-7-15)10-19-20-17(22)11-28-16-8-4-14(5-9-16)21(25)26/h2-10,12H,11H2,1H3,(H,20,22)(H,23,24)/b19-10-/t12-/m1/s1. The number of carbonyl (C=O) groups excluding carboxylic acids is 1. The fourth-order valence-electron chi connectivity index (χ4n) is 1.91. The second kappa shape index (κ2) is 10.1. The highest BCUT2D eigenvalue weighted by molar-refractivity contribution is 8.00. The van der Waals surface area contributed by atoms with Gasteiger partial charge in [-0.15, -0.1) is 11.8 Å². The fourth-order valence-corrected chi connectivity index (χ4v) is 2.60. The molecule has 0 unspecified atom stereocenters. The Bertz CT molecular complexity index is 868. The molecule has 2 aromatic rings. The monoisotopic (exact) mass is 403 g/mol. The van der Waals surface area contributed by atoms with Gasteiger partial charge in [0.05, 0.1) is 16.9 Å². The van der Waals surface area contributed by atoms with Crippen molar-refractivity contribution < 1.29 is 24.4 Å². The Balaban J connectivity index is 1.78. The predicted octanol–water partition coefficient (Wildman–Crippen LogP) is 2.69. The molecular weight excluding hydrogens is 386 g/mol. The number of rotatable bonds is 9. The molecule has 1 amide bonds. The lowest BCUT2D eigenvalue weighted by Crippen LogP contribution is -2.22. The molecule has 2 rings (SSSR count). The second-order valence-electron chi connectivity index (χ2n) is 5.50. The van der Waals surface area contributed by atoms with Gasteiger partial charge < -0.3 is 9.84 Å². The number of nitro groups is 1. The number of nitrogens with one attached hydrogen (secondary N) is 1. The van der Waals surface area contributed by atoms with Crippen molar-refractivity contribution in [3.8, 4) is 5.75 Å². The highest BCUT2D eigenvalue weighted by Crippen LogP contribution is 2.21. The molecule has 9 nitrogen and oxygen atoms in total. The summed E-state index contributed by atoms with van der Waals surface area (Å²) >= 11 is 1.23. The van der Waals surface area contributed by atoms with Crippen LogP contribution in [0.2, 0.25) is 0 Å². The first-order valence-electron chi connectivity index (χ1n) is 8.04. The molecule has 28 heavy (non-hydrogen) atoms. The van der Waals surface area contributed by atoms with Crippen molar-refractivity contribution in [1.29, 1.82) is 0 Å². The largest absolute Gasteiger partial charge is 0.479 e. The average molecular weight is 403 g/mol. The van der Waals surface area contributed by atoms with Gasteiger partial charge in [0.2, 0.25) is 5.91 Å². The number of hydrogen-bond donors (Lipinski definition) is 2. The van der Waals surface area contributed by atoms with Gasteiger partial charge in [-0.2, -0.15) is 5.10 Å². The molecule has 0 saturated carbocycles. The van der Waals surface area contributed by atoms with Crippen LogP contribution in [0.5, 0.6) is 5.75 Å². The maximum Gasteiger partial charge on any atom is 0.344 e. The van der Waals surface area contributed by atoms with E-state index in [1.54, 1.807) is 36.4 Å². The molecule has 0 aromatic heterocycles. The number of hydrazone groups is 1. The van der Waals surface area contributed by atoms with Gasteiger partial charge in [0.1, 0.15) is 5.75 Å². The van der Waals surface area contributed by atoms with Crippen molar-refractivity contribution in [3.63, 3.8) is 0 Å². The highest BCUT2D eigenvalue weighted by Gasteiger charge is 2.11. The number of nitrogens with zero attached hydrogens (tertiary/aromatic N) is 2. The van der Waals surface area contributed by atoms with Gasteiger partial charge in [0.25, 0.3) is 5.69 Å². The Morgan fingerprint density at radius 3 is 2.46 bits per heavy atom. The number of benzene rings is 2. The van der Waals surface area contributed by atoms with Crippen molar-refractivity contribution in [3.05, 3.63) is 64.2 Å². The van der Waals surface area contributed by atoms with Crippen LogP contribution in [0.1, 0.15) is 12.5 Å². The number of carbonyl (C=O) groups is 2. The van der Waals surface area contributed by atoms with Gasteiger partial charge in [-0.25, -0.2) is 10.2 Å². The molecule has 0 saturated heterocycles. The summed E-state index contributed by atoms with van der Waals surface area (Å²) in [4.78, 5) is 33.4. The molecule has 0 bridgehead atoms. The van der Waals surface area contributed by atoms with Crippen LogP contribution in [0.4, 0.5) is 5.69 Å². The second-order valence-corrected chi connectivity index (χ2v) is 6.55. The topological polar surface area (TPSA) is 131 Å². The fraction of sp³-hybridized carbons (Fsp3) is 0.167. The van der Waals surface area contributed by atoms with E-state index in [-0.39, 0.29) is 17.3 Å². The molecule has 2 N–H and O–H groups in total. The van der Waals surface area contributed by atoms with Crippen LogP contribution in [-0.2, 0) is 9.59 Å². The van der Waals surface area contributed by atoms with Gasteiger partial charge in [-0.1, -0.05) is 0 Å². The molecule has 0 heterocycles. The average Bonchev–Trinajstić information content (AvgIpc) is 2.68. The predicted molar refractivity (Wildman–Crippen MR) is 104 cm³/mol. The minimum Gasteiger partial charge on any atom is -0.479 e. The first-order chi connectivity index (χ1) is 13.3. The molecule has 0 aliphatic heterocycles.